The van der Waals surface area contributed by atoms with Crippen LogP contribution in [0.3, 0.4) is 0 Å². The Balaban J connectivity index is -0.000000126. The minimum absolute atomic E-state index is 0. The molecule has 7 heteroatoms. The molecular weight excluding hydrogens is 195 g/mol. The van der Waals surface area contributed by atoms with E-state index < -0.39 is 16.1 Å². The Labute approximate surface area is 93.5 Å². The summed E-state index contributed by atoms with van der Waals surface area (Å²) >= 11 is 0. The molecule has 0 spiro atoms. The Morgan fingerprint density at radius 3 is 1.75 bits per heavy atom. The average Bonchev–Trinajstić information content (AvgIpc) is 1.88. The predicted octanol–water partition coefficient (Wildman–Crippen LogP) is -0.230. The number of rotatable bonds is 2. The van der Waals surface area contributed by atoms with Gasteiger partial charge in [0.1, 0.15) is 0 Å². The summed E-state index contributed by atoms with van der Waals surface area (Å²) in [6, 6.07) is 0. The summed E-state index contributed by atoms with van der Waals surface area (Å²) in [5.74, 6) is -1.18. The number of aliphatic carboxylic acids is 1. The molecule has 0 aromatic heterocycles. The average molecular weight is 205 g/mol. The molecule has 0 rings (SSSR count). The van der Waals surface area contributed by atoms with Gasteiger partial charge >= 0.3 is 5.97 Å². The number of carboxylic acids is 1. The maximum Gasteiger partial charge on any atom is 0.327 e. The third-order valence-corrected chi connectivity index (χ3v) is 1.27. The molecule has 0 saturated heterocycles. The topological polar surface area (TPSA) is 91.7 Å². The summed E-state index contributed by atoms with van der Waals surface area (Å²) in [6.07, 6.45) is 0.833. The SMILES string of the molecule is C=CC(=O)O.CCS(=O)(=O)O.[Na]. The molecule has 12 heavy (non-hydrogen) atoms. The van der Waals surface area contributed by atoms with E-state index in [4.69, 9.17) is 9.66 Å². The van der Waals surface area contributed by atoms with E-state index in [0.29, 0.717) is 0 Å². The van der Waals surface area contributed by atoms with Crippen LogP contribution in [0.4, 0.5) is 0 Å². The summed E-state index contributed by atoms with van der Waals surface area (Å²) in [5.41, 5.74) is 0. The summed E-state index contributed by atoms with van der Waals surface area (Å²) in [6.45, 7) is 4.33. The molecule has 5 nitrogen and oxygen atoms in total. The van der Waals surface area contributed by atoms with E-state index in [1.807, 2.05) is 0 Å². The normalized spacial score (nSPS) is 8.50. The molecule has 67 valence electrons. The van der Waals surface area contributed by atoms with Gasteiger partial charge in [-0.25, -0.2) is 4.79 Å². The Hall–Kier alpha value is 0.120. The molecule has 0 unspecified atom stereocenters. The molecule has 0 aliphatic rings. The summed E-state index contributed by atoms with van der Waals surface area (Å²) in [5, 5.41) is 7.60. The minimum Gasteiger partial charge on any atom is -0.478 e. The van der Waals surface area contributed by atoms with Crippen molar-refractivity contribution in [3.63, 3.8) is 0 Å². The van der Waals surface area contributed by atoms with Crippen LogP contribution in [0, 0.1) is 0 Å². The maximum absolute atomic E-state index is 9.56. The van der Waals surface area contributed by atoms with Crippen LogP contribution in [0.1, 0.15) is 6.92 Å². The molecule has 0 aromatic rings. The Kier molecular flexibility index (Phi) is 13.8. The Morgan fingerprint density at radius 2 is 1.75 bits per heavy atom. The van der Waals surface area contributed by atoms with Gasteiger partial charge in [0.2, 0.25) is 0 Å². The predicted molar refractivity (Wildman–Crippen MR) is 45.7 cm³/mol. The zero-order valence-electron chi connectivity index (χ0n) is 7.02. The van der Waals surface area contributed by atoms with E-state index in [1.165, 1.54) is 6.92 Å². The van der Waals surface area contributed by atoms with Gasteiger partial charge in [0.25, 0.3) is 10.1 Å². The molecule has 0 aliphatic heterocycles. The molecular formula is C5H10NaO5S. The summed E-state index contributed by atoms with van der Waals surface area (Å²) in [7, 11) is -3.66. The Morgan fingerprint density at radius 1 is 1.58 bits per heavy atom. The van der Waals surface area contributed by atoms with Gasteiger partial charge in [-0.1, -0.05) is 6.58 Å². The van der Waals surface area contributed by atoms with Crippen LogP contribution in [0.15, 0.2) is 12.7 Å². The van der Waals surface area contributed by atoms with E-state index >= 15 is 0 Å². The van der Waals surface area contributed by atoms with Crippen LogP contribution in [-0.2, 0) is 14.9 Å². The quantitative estimate of drug-likeness (QED) is 0.369. The second-order valence-electron chi connectivity index (χ2n) is 1.41. The fraction of sp³-hybridized carbons (Fsp3) is 0.400. The molecule has 0 aliphatic carbocycles. The first-order chi connectivity index (χ1) is 4.83. The molecule has 0 saturated carbocycles. The Bertz CT molecular complexity index is 220. The van der Waals surface area contributed by atoms with E-state index in [0.717, 1.165) is 6.08 Å². The van der Waals surface area contributed by atoms with Gasteiger partial charge in [-0.3, -0.25) is 4.55 Å². The number of carbonyl (C=O) groups is 1. The van der Waals surface area contributed by atoms with Crippen molar-refractivity contribution in [3.05, 3.63) is 12.7 Å². The van der Waals surface area contributed by atoms with Crippen molar-refractivity contribution in [2.24, 2.45) is 0 Å². The van der Waals surface area contributed by atoms with Gasteiger partial charge in [0.05, 0.1) is 5.75 Å². The van der Waals surface area contributed by atoms with E-state index in [9.17, 15) is 13.2 Å². The number of hydrogen-bond acceptors (Lipinski definition) is 3. The molecule has 0 aromatic carbocycles. The number of hydrogen-bond donors (Lipinski definition) is 2. The van der Waals surface area contributed by atoms with Crippen LogP contribution in [0.2, 0.25) is 0 Å². The molecule has 0 amide bonds. The van der Waals surface area contributed by atoms with Gasteiger partial charge in [-0.05, 0) is 6.92 Å². The minimum atomic E-state index is -3.66. The largest absolute Gasteiger partial charge is 0.478 e. The van der Waals surface area contributed by atoms with Crippen LogP contribution in [0.5, 0.6) is 0 Å². The summed E-state index contributed by atoms with van der Waals surface area (Å²) < 4.78 is 26.9. The molecule has 2 N–H and O–H groups in total. The van der Waals surface area contributed by atoms with Gasteiger partial charge in [0.15, 0.2) is 0 Å². The van der Waals surface area contributed by atoms with Crippen LogP contribution in [-0.4, -0.2) is 59.4 Å². The van der Waals surface area contributed by atoms with E-state index in [-0.39, 0.29) is 35.3 Å². The fourth-order valence-electron chi connectivity index (χ4n) is 0. The van der Waals surface area contributed by atoms with Crippen molar-refractivity contribution in [2.45, 2.75) is 6.92 Å². The fourth-order valence-corrected chi connectivity index (χ4v) is 0. The van der Waals surface area contributed by atoms with Crippen LogP contribution < -0.4 is 0 Å². The van der Waals surface area contributed by atoms with Crippen molar-refractivity contribution in [2.75, 3.05) is 5.75 Å². The van der Waals surface area contributed by atoms with Crippen molar-refractivity contribution >= 4 is 45.6 Å². The van der Waals surface area contributed by atoms with Crippen molar-refractivity contribution in [3.8, 4) is 0 Å². The van der Waals surface area contributed by atoms with Crippen molar-refractivity contribution < 1.29 is 22.9 Å². The first kappa shape index (κ1) is 18.0. The third-order valence-electron chi connectivity index (χ3n) is 0.539. The van der Waals surface area contributed by atoms with Crippen LogP contribution in [0.25, 0.3) is 0 Å². The van der Waals surface area contributed by atoms with Gasteiger partial charge < -0.3 is 5.11 Å². The summed E-state index contributed by atoms with van der Waals surface area (Å²) in [4.78, 5) is 9.25. The molecule has 0 fully saturated rings. The van der Waals surface area contributed by atoms with Gasteiger partial charge in [0, 0.05) is 35.6 Å². The van der Waals surface area contributed by atoms with Crippen molar-refractivity contribution in [1.29, 1.82) is 0 Å². The zero-order chi connectivity index (χ0) is 9.49. The van der Waals surface area contributed by atoms with E-state index in [2.05, 4.69) is 6.58 Å². The maximum atomic E-state index is 9.56. The second kappa shape index (κ2) is 9.21. The zero-order valence-corrected chi connectivity index (χ0v) is 9.84. The first-order valence-corrected chi connectivity index (χ1v) is 4.25. The molecule has 0 atom stereocenters. The van der Waals surface area contributed by atoms with Gasteiger partial charge in [-0.2, -0.15) is 8.42 Å². The second-order valence-corrected chi connectivity index (χ2v) is 3.15. The van der Waals surface area contributed by atoms with Crippen LogP contribution >= 0.6 is 0 Å². The molecule has 1 radical (unpaired) electrons. The van der Waals surface area contributed by atoms with Gasteiger partial charge in [-0.15, -0.1) is 0 Å². The van der Waals surface area contributed by atoms with E-state index in [1.54, 1.807) is 0 Å². The first-order valence-electron chi connectivity index (χ1n) is 2.64. The molecule has 0 bridgehead atoms. The third kappa shape index (κ3) is 32.1. The van der Waals surface area contributed by atoms with Crippen molar-refractivity contribution in [1.82, 2.24) is 0 Å². The monoisotopic (exact) mass is 205 g/mol. The smallest absolute Gasteiger partial charge is 0.327 e. The molecule has 0 heterocycles. The number of carboxylic acid groups (broad SMARTS) is 1. The standard InChI is InChI=1S/C3H4O2.C2H6O3S.Na/c1-2-3(4)5;1-2-6(3,4)5;/h2H,1H2,(H,4,5);2H2,1H3,(H,3,4,5);.